The van der Waals surface area contributed by atoms with Gasteiger partial charge < -0.3 is 4.90 Å². The molecule has 0 aliphatic carbocycles. The highest BCUT2D eigenvalue weighted by atomic mass is 35.5. The molecule has 0 N–H and O–H groups in total. The topological polar surface area (TPSA) is 67.3 Å². The second kappa shape index (κ2) is 5.76. The van der Waals surface area contributed by atoms with Gasteiger partial charge in [0.1, 0.15) is 5.01 Å². The third-order valence-corrected chi connectivity index (χ3v) is 6.11. The van der Waals surface area contributed by atoms with E-state index in [1.165, 1.54) is 16.2 Å². The highest BCUT2D eigenvalue weighted by Crippen LogP contribution is 2.18. The standard InChI is InChI=1S/C11H15ClN2O3S2/c1-14(9-2-3-19(16,17)7-9)11(15)4-10-13-8(5-12)6-18-10/h6,9H,2-5,7H2,1H3. The number of thiazole rings is 1. The van der Waals surface area contributed by atoms with Gasteiger partial charge in [0, 0.05) is 18.5 Å². The van der Waals surface area contributed by atoms with E-state index in [4.69, 9.17) is 11.6 Å². The third-order valence-electron chi connectivity index (χ3n) is 3.19. The van der Waals surface area contributed by atoms with Crippen molar-refractivity contribution in [2.45, 2.75) is 24.8 Å². The minimum absolute atomic E-state index is 0.0695. The zero-order chi connectivity index (χ0) is 14.0. The Kier molecular flexibility index (Phi) is 4.47. The number of carbonyl (C=O) groups excluding carboxylic acids is 1. The van der Waals surface area contributed by atoms with Gasteiger partial charge in [-0.15, -0.1) is 22.9 Å². The van der Waals surface area contributed by atoms with Gasteiger partial charge in [0.25, 0.3) is 0 Å². The molecule has 1 aromatic heterocycles. The highest BCUT2D eigenvalue weighted by molar-refractivity contribution is 7.91. The van der Waals surface area contributed by atoms with Crippen LogP contribution < -0.4 is 0 Å². The van der Waals surface area contributed by atoms with E-state index >= 15 is 0 Å². The van der Waals surface area contributed by atoms with Crippen molar-refractivity contribution < 1.29 is 13.2 Å². The van der Waals surface area contributed by atoms with Gasteiger partial charge in [-0.05, 0) is 6.42 Å². The number of carbonyl (C=O) groups is 1. The van der Waals surface area contributed by atoms with Crippen molar-refractivity contribution >= 4 is 38.7 Å². The summed E-state index contributed by atoms with van der Waals surface area (Å²) in [5, 5.41) is 2.55. The first kappa shape index (κ1) is 14.7. The lowest BCUT2D eigenvalue weighted by Gasteiger charge is -2.22. The van der Waals surface area contributed by atoms with Gasteiger partial charge in [-0.25, -0.2) is 13.4 Å². The van der Waals surface area contributed by atoms with Gasteiger partial charge in [0.2, 0.25) is 5.91 Å². The quantitative estimate of drug-likeness (QED) is 0.778. The van der Waals surface area contributed by atoms with Crippen molar-refractivity contribution in [3.05, 3.63) is 16.1 Å². The Labute approximate surface area is 121 Å². The van der Waals surface area contributed by atoms with E-state index in [0.717, 1.165) is 5.69 Å². The maximum absolute atomic E-state index is 12.1. The van der Waals surface area contributed by atoms with E-state index < -0.39 is 9.84 Å². The number of nitrogens with zero attached hydrogens (tertiary/aromatic N) is 2. The van der Waals surface area contributed by atoms with E-state index in [1.807, 2.05) is 5.38 Å². The molecule has 0 radical (unpaired) electrons. The van der Waals surface area contributed by atoms with Crippen LogP contribution >= 0.6 is 22.9 Å². The summed E-state index contributed by atoms with van der Waals surface area (Å²) in [6, 6.07) is -0.204. The SMILES string of the molecule is CN(C(=O)Cc1nc(CCl)cs1)C1CCS(=O)(=O)C1. The first-order valence-electron chi connectivity index (χ1n) is 5.86. The van der Waals surface area contributed by atoms with Crippen LogP contribution in [0.1, 0.15) is 17.1 Å². The Morgan fingerprint density at radius 2 is 2.37 bits per heavy atom. The molecule has 8 heteroatoms. The maximum atomic E-state index is 12.1. The molecule has 1 unspecified atom stereocenters. The number of rotatable bonds is 4. The largest absolute Gasteiger partial charge is 0.341 e. The Balaban J connectivity index is 1.96. The number of hydrogen-bond acceptors (Lipinski definition) is 5. The summed E-state index contributed by atoms with van der Waals surface area (Å²) in [6.45, 7) is 0. The number of hydrogen-bond donors (Lipinski definition) is 0. The smallest absolute Gasteiger partial charge is 0.229 e. The highest BCUT2D eigenvalue weighted by Gasteiger charge is 2.32. The van der Waals surface area contributed by atoms with Gasteiger partial charge >= 0.3 is 0 Å². The number of sulfone groups is 1. The maximum Gasteiger partial charge on any atom is 0.229 e. The zero-order valence-electron chi connectivity index (χ0n) is 10.5. The van der Waals surface area contributed by atoms with Crippen LogP contribution in [0.25, 0.3) is 0 Å². The summed E-state index contributed by atoms with van der Waals surface area (Å²) in [7, 11) is -1.31. The molecule has 0 bridgehead atoms. The van der Waals surface area contributed by atoms with Crippen LogP contribution in [-0.4, -0.2) is 48.8 Å². The van der Waals surface area contributed by atoms with Crippen LogP contribution in [0.5, 0.6) is 0 Å². The Morgan fingerprint density at radius 3 is 2.89 bits per heavy atom. The van der Waals surface area contributed by atoms with Gasteiger partial charge in [-0.3, -0.25) is 4.79 Å². The predicted molar refractivity (Wildman–Crippen MR) is 75.2 cm³/mol. The zero-order valence-corrected chi connectivity index (χ0v) is 12.9. The molecule has 0 saturated carbocycles. The van der Waals surface area contributed by atoms with E-state index in [9.17, 15) is 13.2 Å². The number of aromatic nitrogens is 1. The molecule has 0 spiro atoms. The van der Waals surface area contributed by atoms with Crippen molar-refractivity contribution in [2.75, 3.05) is 18.6 Å². The summed E-state index contributed by atoms with van der Waals surface area (Å²) in [4.78, 5) is 17.8. The van der Waals surface area contributed by atoms with Gasteiger partial charge in [-0.1, -0.05) is 0 Å². The Bertz CT molecular complexity index is 570. The molecule has 1 atom stereocenters. The van der Waals surface area contributed by atoms with Gasteiger partial charge in [0.15, 0.2) is 9.84 Å². The number of alkyl halides is 1. The first-order valence-corrected chi connectivity index (χ1v) is 9.10. The minimum atomic E-state index is -2.97. The summed E-state index contributed by atoms with van der Waals surface area (Å²) >= 11 is 7.06. The summed E-state index contributed by atoms with van der Waals surface area (Å²) in [5.41, 5.74) is 0.764. The van der Waals surface area contributed by atoms with E-state index in [-0.39, 0.29) is 29.9 Å². The molecule has 1 saturated heterocycles. The first-order chi connectivity index (χ1) is 8.91. The molecule has 106 valence electrons. The molecule has 2 heterocycles. The summed E-state index contributed by atoms with van der Waals surface area (Å²) < 4.78 is 22.8. The Morgan fingerprint density at radius 1 is 1.63 bits per heavy atom. The van der Waals surface area contributed by atoms with Crippen LogP contribution in [0, 0.1) is 0 Å². The van der Waals surface area contributed by atoms with Gasteiger partial charge in [-0.2, -0.15) is 0 Å². The van der Waals surface area contributed by atoms with Crippen molar-refractivity contribution in [1.82, 2.24) is 9.88 Å². The van der Waals surface area contributed by atoms with Crippen molar-refractivity contribution in [3.63, 3.8) is 0 Å². The van der Waals surface area contributed by atoms with Crippen molar-refractivity contribution in [2.24, 2.45) is 0 Å². The van der Waals surface area contributed by atoms with Crippen LogP contribution in [0.4, 0.5) is 0 Å². The monoisotopic (exact) mass is 322 g/mol. The third kappa shape index (κ3) is 3.67. The summed E-state index contributed by atoms with van der Waals surface area (Å²) in [5.74, 6) is 0.474. The molecule has 2 rings (SSSR count). The Hall–Kier alpha value is -0.660. The van der Waals surface area contributed by atoms with Crippen molar-refractivity contribution in [1.29, 1.82) is 0 Å². The predicted octanol–water partition coefficient (Wildman–Crippen LogP) is 1.07. The fourth-order valence-electron chi connectivity index (χ4n) is 2.03. The lowest BCUT2D eigenvalue weighted by atomic mass is 10.2. The lowest BCUT2D eigenvalue weighted by Crippen LogP contribution is -2.38. The normalized spacial score (nSPS) is 21.5. The van der Waals surface area contributed by atoms with Crippen LogP contribution in [0.2, 0.25) is 0 Å². The molecule has 1 aromatic rings. The van der Waals surface area contributed by atoms with Crippen LogP contribution in [-0.2, 0) is 26.9 Å². The molecule has 1 amide bonds. The van der Waals surface area contributed by atoms with Crippen molar-refractivity contribution in [3.8, 4) is 0 Å². The van der Waals surface area contributed by atoms with E-state index in [1.54, 1.807) is 7.05 Å². The number of amides is 1. The molecular formula is C11H15ClN2O3S2. The number of halogens is 1. The molecule has 1 aliphatic rings. The average molecular weight is 323 g/mol. The fraction of sp³-hybridized carbons (Fsp3) is 0.636. The molecule has 19 heavy (non-hydrogen) atoms. The van der Waals surface area contributed by atoms with E-state index in [2.05, 4.69) is 4.98 Å². The van der Waals surface area contributed by atoms with E-state index in [0.29, 0.717) is 17.3 Å². The lowest BCUT2D eigenvalue weighted by molar-refractivity contribution is -0.130. The molecule has 1 aliphatic heterocycles. The molecule has 1 fully saturated rings. The fourth-order valence-corrected chi connectivity index (χ4v) is 4.82. The summed E-state index contributed by atoms with van der Waals surface area (Å²) in [6.07, 6.45) is 0.726. The molecule has 0 aromatic carbocycles. The second-order valence-corrected chi connectivity index (χ2v) is 8.04. The van der Waals surface area contributed by atoms with Gasteiger partial charge in [0.05, 0.1) is 29.5 Å². The van der Waals surface area contributed by atoms with Crippen LogP contribution in [0.3, 0.4) is 0 Å². The number of likely N-dealkylation sites (N-methyl/N-ethyl adjacent to an activating group) is 1. The van der Waals surface area contributed by atoms with Crippen LogP contribution in [0.15, 0.2) is 5.38 Å². The molecular weight excluding hydrogens is 308 g/mol. The minimum Gasteiger partial charge on any atom is -0.341 e. The molecule has 5 nitrogen and oxygen atoms in total. The average Bonchev–Trinajstić information content (AvgIpc) is 2.94. The second-order valence-electron chi connectivity index (χ2n) is 4.60.